The lowest BCUT2D eigenvalue weighted by Gasteiger charge is -2.18. The maximum atomic E-state index is 13.0. The zero-order valence-electron chi connectivity index (χ0n) is 20.6. The van der Waals surface area contributed by atoms with E-state index < -0.39 is 26.9 Å². The standard InChI is InChI=1S/C27H23ClN4O6S/c1-18-7-11-22(12-8-18)39(36,37)31-24(19-5-3-2-4-6-19)16-27(33)30-29-17-21-10-14-26(38-21)20-9-13-23(28)25(15-20)32(34)35/h2-15,17,24,31H,16H2,1H3,(H,30,33)/b29-17-/t24-/m0/s1. The van der Waals surface area contributed by atoms with E-state index in [1.807, 2.05) is 6.92 Å². The highest BCUT2D eigenvalue weighted by Crippen LogP contribution is 2.31. The van der Waals surface area contributed by atoms with Crippen molar-refractivity contribution in [2.24, 2.45) is 5.10 Å². The average molecular weight is 567 g/mol. The summed E-state index contributed by atoms with van der Waals surface area (Å²) in [7, 11) is -3.90. The Morgan fingerprint density at radius 3 is 2.49 bits per heavy atom. The number of carbonyl (C=O) groups is 1. The molecule has 10 nitrogen and oxygen atoms in total. The lowest BCUT2D eigenvalue weighted by Crippen LogP contribution is -2.32. The number of hydrazone groups is 1. The summed E-state index contributed by atoms with van der Waals surface area (Å²) in [5.74, 6) is 0.0894. The molecule has 0 spiro atoms. The minimum atomic E-state index is -3.90. The van der Waals surface area contributed by atoms with Crippen LogP contribution in [0.1, 0.15) is 29.3 Å². The highest BCUT2D eigenvalue weighted by molar-refractivity contribution is 7.89. The van der Waals surface area contributed by atoms with Crippen molar-refractivity contribution in [3.05, 3.63) is 117 Å². The Kier molecular flexibility index (Phi) is 8.55. The fraction of sp³-hybridized carbons (Fsp3) is 0.111. The summed E-state index contributed by atoms with van der Waals surface area (Å²) >= 11 is 5.86. The molecule has 1 amide bonds. The van der Waals surface area contributed by atoms with Gasteiger partial charge in [0.15, 0.2) is 0 Å². The summed E-state index contributed by atoms with van der Waals surface area (Å²) in [6.07, 6.45) is 1.05. The number of hydrogen-bond donors (Lipinski definition) is 2. The minimum absolute atomic E-state index is 0.00904. The van der Waals surface area contributed by atoms with Gasteiger partial charge in [0.2, 0.25) is 15.9 Å². The van der Waals surface area contributed by atoms with Crippen molar-refractivity contribution in [3.8, 4) is 11.3 Å². The van der Waals surface area contributed by atoms with E-state index in [-0.39, 0.29) is 27.8 Å². The van der Waals surface area contributed by atoms with Crippen molar-refractivity contribution in [2.75, 3.05) is 0 Å². The molecule has 1 aromatic heterocycles. The maximum Gasteiger partial charge on any atom is 0.288 e. The van der Waals surface area contributed by atoms with E-state index in [1.165, 1.54) is 30.5 Å². The Morgan fingerprint density at radius 2 is 1.79 bits per heavy atom. The van der Waals surface area contributed by atoms with Gasteiger partial charge in [0.1, 0.15) is 16.5 Å². The Balaban J connectivity index is 1.44. The van der Waals surface area contributed by atoms with Crippen molar-refractivity contribution >= 4 is 39.4 Å². The van der Waals surface area contributed by atoms with E-state index >= 15 is 0 Å². The van der Waals surface area contributed by atoms with E-state index in [0.29, 0.717) is 16.9 Å². The van der Waals surface area contributed by atoms with Gasteiger partial charge in [-0.2, -0.15) is 5.10 Å². The summed E-state index contributed by atoms with van der Waals surface area (Å²) in [4.78, 5) is 23.3. The monoisotopic (exact) mass is 566 g/mol. The molecule has 0 saturated heterocycles. The molecule has 0 aliphatic carbocycles. The molecular weight excluding hydrogens is 544 g/mol. The summed E-state index contributed by atoms with van der Waals surface area (Å²) in [6.45, 7) is 1.86. The number of nitrogens with zero attached hydrogens (tertiary/aromatic N) is 2. The first-order valence-electron chi connectivity index (χ1n) is 11.6. The first-order chi connectivity index (χ1) is 18.6. The number of carbonyl (C=O) groups excluding carboxylic acids is 1. The Morgan fingerprint density at radius 1 is 1.08 bits per heavy atom. The van der Waals surface area contributed by atoms with E-state index in [2.05, 4.69) is 15.2 Å². The van der Waals surface area contributed by atoms with Crippen molar-refractivity contribution in [2.45, 2.75) is 24.3 Å². The van der Waals surface area contributed by atoms with Crippen LogP contribution >= 0.6 is 11.6 Å². The number of furan rings is 1. The van der Waals surface area contributed by atoms with Crippen LogP contribution < -0.4 is 10.1 Å². The average Bonchev–Trinajstić information content (AvgIpc) is 3.38. The fourth-order valence-corrected chi connectivity index (χ4v) is 5.08. The number of sulfonamides is 1. The van der Waals surface area contributed by atoms with Crippen LogP contribution in [0.15, 0.2) is 99.3 Å². The molecule has 1 atom stereocenters. The molecule has 4 aromatic rings. The van der Waals surface area contributed by atoms with Gasteiger partial charge in [0.05, 0.1) is 22.1 Å². The van der Waals surface area contributed by atoms with E-state index in [9.17, 15) is 23.3 Å². The Bertz CT molecular complexity index is 1620. The van der Waals surface area contributed by atoms with Crippen LogP contribution in [0.5, 0.6) is 0 Å². The zero-order valence-corrected chi connectivity index (χ0v) is 22.1. The smallest absolute Gasteiger partial charge is 0.288 e. The van der Waals surface area contributed by atoms with Gasteiger partial charge in [-0.1, -0.05) is 59.6 Å². The van der Waals surface area contributed by atoms with Crippen molar-refractivity contribution in [1.82, 2.24) is 10.1 Å². The molecule has 0 fully saturated rings. The summed E-state index contributed by atoms with van der Waals surface area (Å²) < 4.78 is 34.2. The molecule has 4 rings (SSSR count). The van der Waals surface area contributed by atoms with Crippen LogP contribution in [-0.4, -0.2) is 25.5 Å². The van der Waals surface area contributed by atoms with Crippen molar-refractivity contribution in [1.29, 1.82) is 0 Å². The molecule has 0 radical (unpaired) electrons. The van der Waals surface area contributed by atoms with Gasteiger partial charge in [-0.25, -0.2) is 18.6 Å². The third-order valence-electron chi connectivity index (χ3n) is 5.66. The highest BCUT2D eigenvalue weighted by atomic mass is 35.5. The molecule has 0 aliphatic heterocycles. The predicted molar refractivity (Wildman–Crippen MR) is 147 cm³/mol. The molecule has 0 aliphatic rings. The van der Waals surface area contributed by atoms with Crippen LogP contribution in [-0.2, 0) is 14.8 Å². The lowest BCUT2D eigenvalue weighted by molar-refractivity contribution is -0.384. The zero-order chi connectivity index (χ0) is 28.0. The molecular formula is C27H23ClN4O6S. The summed E-state index contributed by atoms with van der Waals surface area (Å²) in [6, 6.07) is 21.8. The van der Waals surface area contributed by atoms with Gasteiger partial charge >= 0.3 is 0 Å². The number of nitrogens with one attached hydrogen (secondary N) is 2. The van der Waals surface area contributed by atoms with E-state index in [4.69, 9.17) is 16.0 Å². The quantitative estimate of drug-likeness (QED) is 0.150. The minimum Gasteiger partial charge on any atom is -0.455 e. The molecule has 0 unspecified atom stereocenters. The van der Waals surface area contributed by atoms with E-state index in [0.717, 1.165) is 5.56 Å². The van der Waals surface area contributed by atoms with Crippen LogP contribution in [0.3, 0.4) is 0 Å². The molecule has 39 heavy (non-hydrogen) atoms. The number of hydrogen-bond acceptors (Lipinski definition) is 7. The normalized spacial score (nSPS) is 12.4. The molecule has 1 heterocycles. The van der Waals surface area contributed by atoms with Crippen LogP contribution in [0.4, 0.5) is 5.69 Å². The lowest BCUT2D eigenvalue weighted by atomic mass is 10.0. The third-order valence-corrected chi connectivity index (χ3v) is 7.46. The third kappa shape index (κ3) is 7.17. The maximum absolute atomic E-state index is 13.0. The largest absolute Gasteiger partial charge is 0.455 e. The fourth-order valence-electron chi connectivity index (χ4n) is 3.67. The highest BCUT2D eigenvalue weighted by Gasteiger charge is 2.24. The van der Waals surface area contributed by atoms with Crippen molar-refractivity contribution in [3.63, 3.8) is 0 Å². The molecule has 3 aromatic carbocycles. The summed E-state index contributed by atoms with van der Waals surface area (Å²) in [5.41, 5.74) is 4.10. The van der Waals surface area contributed by atoms with Crippen LogP contribution in [0.25, 0.3) is 11.3 Å². The molecule has 0 bridgehead atoms. The number of halogens is 1. The number of nitro groups is 1. The Labute approximate surface area is 229 Å². The van der Waals surface area contributed by atoms with E-state index in [1.54, 1.807) is 60.7 Å². The van der Waals surface area contributed by atoms with Crippen LogP contribution in [0.2, 0.25) is 5.02 Å². The second kappa shape index (κ2) is 12.0. The SMILES string of the molecule is Cc1ccc(S(=O)(=O)N[C@@H](CC(=O)N/N=C\c2ccc(-c3ccc(Cl)c([N+](=O)[O-])c3)o2)c2ccccc2)cc1. The van der Waals surface area contributed by atoms with Crippen molar-refractivity contribution < 1.29 is 22.6 Å². The van der Waals surface area contributed by atoms with Crippen LogP contribution in [0, 0.1) is 17.0 Å². The van der Waals surface area contributed by atoms with Gasteiger partial charge in [-0.05, 0) is 48.9 Å². The first kappa shape index (κ1) is 27.7. The van der Waals surface area contributed by atoms with Gasteiger partial charge < -0.3 is 4.42 Å². The molecule has 200 valence electrons. The summed E-state index contributed by atoms with van der Waals surface area (Å²) in [5, 5.41) is 15.0. The second-order valence-electron chi connectivity index (χ2n) is 8.52. The number of aryl methyl sites for hydroxylation is 1. The second-order valence-corrected chi connectivity index (χ2v) is 10.6. The number of nitro benzene ring substituents is 1. The molecule has 2 N–H and O–H groups in total. The molecule has 0 saturated carbocycles. The topological polar surface area (TPSA) is 144 Å². The van der Waals surface area contributed by atoms with Gasteiger partial charge in [-0.15, -0.1) is 0 Å². The Hall–Kier alpha value is -4.32. The number of rotatable bonds is 10. The van der Waals surface area contributed by atoms with Gasteiger partial charge in [0.25, 0.3) is 5.69 Å². The van der Waals surface area contributed by atoms with Gasteiger partial charge in [0, 0.05) is 18.1 Å². The van der Waals surface area contributed by atoms with Gasteiger partial charge in [-0.3, -0.25) is 14.9 Å². The number of benzene rings is 3. The number of amides is 1. The first-order valence-corrected chi connectivity index (χ1v) is 13.5. The predicted octanol–water partition coefficient (Wildman–Crippen LogP) is 5.38. The molecule has 12 heteroatoms.